The van der Waals surface area contributed by atoms with Crippen molar-refractivity contribution in [3.05, 3.63) is 54.2 Å². The molecule has 0 aliphatic carbocycles. The summed E-state index contributed by atoms with van der Waals surface area (Å²) in [6, 6.07) is 13.6. The lowest BCUT2D eigenvalue weighted by atomic mass is 10.0. The first-order valence-electron chi connectivity index (χ1n) is 9.79. The molecule has 0 spiro atoms. The van der Waals surface area contributed by atoms with Gasteiger partial charge in [-0.2, -0.15) is 0 Å². The second-order valence-electron chi connectivity index (χ2n) is 7.50. The number of carbonyl (C=O) groups excluding carboxylic acids is 2. The first kappa shape index (κ1) is 20.4. The van der Waals surface area contributed by atoms with E-state index in [-0.39, 0.29) is 17.9 Å². The van der Waals surface area contributed by atoms with Crippen molar-refractivity contribution in [3.8, 4) is 0 Å². The number of piperidine rings is 1. The van der Waals surface area contributed by atoms with E-state index >= 15 is 0 Å². The van der Waals surface area contributed by atoms with Gasteiger partial charge in [0.15, 0.2) is 0 Å². The number of benzene rings is 1. The molecule has 1 fully saturated rings. The third kappa shape index (κ3) is 5.58. The van der Waals surface area contributed by atoms with Gasteiger partial charge in [0, 0.05) is 36.6 Å². The third-order valence-corrected chi connectivity index (χ3v) is 5.77. The number of hydrogen-bond donors (Lipinski definition) is 1. The number of rotatable bonds is 6. The highest BCUT2D eigenvalue weighted by Crippen LogP contribution is 2.28. The lowest BCUT2D eigenvalue weighted by molar-refractivity contribution is -0.133. The number of likely N-dealkylation sites (tertiary alicyclic amines) is 1. The van der Waals surface area contributed by atoms with Crippen molar-refractivity contribution in [2.45, 2.75) is 49.1 Å². The summed E-state index contributed by atoms with van der Waals surface area (Å²) in [6.45, 7) is 5.53. The first-order chi connectivity index (χ1) is 13.5. The Morgan fingerprint density at radius 3 is 2.54 bits per heavy atom. The monoisotopic (exact) mass is 397 g/mol. The van der Waals surface area contributed by atoms with Gasteiger partial charge in [-0.25, -0.2) is 4.98 Å². The molecule has 1 aliphatic rings. The van der Waals surface area contributed by atoms with E-state index in [0.717, 1.165) is 17.7 Å². The van der Waals surface area contributed by atoms with Crippen LogP contribution in [0.5, 0.6) is 0 Å². The fourth-order valence-corrected chi connectivity index (χ4v) is 4.16. The highest BCUT2D eigenvalue weighted by molar-refractivity contribution is 7.99. The minimum atomic E-state index is -0.0986. The number of hydrogen-bond acceptors (Lipinski definition) is 4. The molecule has 3 rings (SSSR count). The maximum absolute atomic E-state index is 12.8. The first-order valence-corrected chi connectivity index (χ1v) is 10.6. The van der Waals surface area contributed by atoms with Crippen LogP contribution in [-0.2, 0) is 4.79 Å². The molecule has 6 heteroatoms. The molecule has 2 aromatic rings. The minimum absolute atomic E-state index is 0.0883. The van der Waals surface area contributed by atoms with Crippen LogP contribution >= 0.6 is 11.8 Å². The standard InChI is InChI=1S/C22H27N3O2S/c1-16(2)15-20(26)25-13-10-17(11-14-25)24-21(27)19-9-6-12-23-22(19)28-18-7-4-3-5-8-18/h3-9,12,16-17H,10-11,13-15H2,1-2H3,(H,24,27). The van der Waals surface area contributed by atoms with Crippen molar-refractivity contribution < 1.29 is 9.59 Å². The van der Waals surface area contributed by atoms with Gasteiger partial charge >= 0.3 is 0 Å². The van der Waals surface area contributed by atoms with E-state index in [1.807, 2.05) is 41.3 Å². The van der Waals surface area contributed by atoms with Crippen LogP contribution in [0.3, 0.4) is 0 Å². The molecule has 1 N–H and O–H groups in total. The number of nitrogens with zero attached hydrogens (tertiary/aromatic N) is 2. The zero-order chi connectivity index (χ0) is 19.9. The van der Waals surface area contributed by atoms with E-state index in [2.05, 4.69) is 24.1 Å². The maximum atomic E-state index is 12.8. The predicted molar refractivity (Wildman–Crippen MR) is 111 cm³/mol. The van der Waals surface area contributed by atoms with E-state index in [9.17, 15) is 9.59 Å². The Kier molecular flexibility index (Phi) is 7.09. The van der Waals surface area contributed by atoms with Crippen LogP contribution < -0.4 is 5.32 Å². The van der Waals surface area contributed by atoms with Gasteiger partial charge in [0.05, 0.1) is 5.56 Å². The highest BCUT2D eigenvalue weighted by atomic mass is 32.2. The molecular weight excluding hydrogens is 370 g/mol. The fraction of sp³-hybridized carbons (Fsp3) is 0.409. The number of nitrogens with one attached hydrogen (secondary N) is 1. The molecule has 1 aromatic carbocycles. The molecule has 28 heavy (non-hydrogen) atoms. The average Bonchev–Trinajstić information content (AvgIpc) is 2.69. The van der Waals surface area contributed by atoms with Crippen LogP contribution in [0.15, 0.2) is 58.6 Å². The van der Waals surface area contributed by atoms with Gasteiger partial charge in [0.25, 0.3) is 5.91 Å². The Labute approximate surface area is 170 Å². The highest BCUT2D eigenvalue weighted by Gasteiger charge is 2.25. The van der Waals surface area contributed by atoms with Crippen LogP contribution in [0.2, 0.25) is 0 Å². The zero-order valence-electron chi connectivity index (χ0n) is 16.4. The minimum Gasteiger partial charge on any atom is -0.349 e. The summed E-state index contributed by atoms with van der Waals surface area (Å²) < 4.78 is 0. The second kappa shape index (κ2) is 9.73. The topological polar surface area (TPSA) is 62.3 Å². The van der Waals surface area contributed by atoms with E-state index in [1.54, 1.807) is 12.3 Å². The van der Waals surface area contributed by atoms with Crippen LogP contribution in [0.4, 0.5) is 0 Å². The van der Waals surface area contributed by atoms with E-state index in [0.29, 0.717) is 36.0 Å². The van der Waals surface area contributed by atoms with Crippen molar-refractivity contribution in [2.24, 2.45) is 5.92 Å². The van der Waals surface area contributed by atoms with Gasteiger partial charge in [0.2, 0.25) is 5.91 Å². The molecule has 0 radical (unpaired) electrons. The smallest absolute Gasteiger partial charge is 0.254 e. The molecule has 0 atom stereocenters. The molecular formula is C22H27N3O2S. The number of amides is 2. The largest absolute Gasteiger partial charge is 0.349 e. The molecule has 1 aromatic heterocycles. The van der Waals surface area contributed by atoms with Crippen molar-refractivity contribution in [1.29, 1.82) is 0 Å². The summed E-state index contributed by atoms with van der Waals surface area (Å²) in [4.78, 5) is 32.4. The van der Waals surface area contributed by atoms with Gasteiger partial charge in [-0.15, -0.1) is 0 Å². The molecule has 0 bridgehead atoms. The quantitative estimate of drug-likeness (QED) is 0.800. The Bertz CT molecular complexity index is 802. The van der Waals surface area contributed by atoms with Crippen LogP contribution in [-0.4, -0.2) is 40.8 Å². The van der Waals surface area contributed by atoms with E-state index < -0.39 is 0 Å². The molecule has 0 unspecified atom stereocenters. The molecule has 1 saturated heterocycles. The third-order valence-electron chi connectivity index (χ3n) is 4.74. The van der Waals surface area contributed by atoms with Crippen molar-refractivity contribution >= 4 is 23.6 Å². The zero-order valence-corrected chi connectivity index (χ0v) is 17.2. The predicted octanol–water partition coefficient (Wildman–Crippen LogP) is 4.00. The number of pyridine rings is 1. The van der Waals surface area contributed by atoms with Crippen LogP contribution in [0.1, 0.15) is 43.5 Å². The molecule has 0 saturated carbocycles. The molecule has 2 heterocycles. The molecule has 5 nitrogen and oxygen atoms in total. The van der Waals surface area contributed by atoms with Crippen molar-refractivity contribution in [3.63, 3.8) is 0 Å². The van der Waals surface area contributed by atoms with E-state index in [1.165, 1.54) is 11.8 Å². The normalized spacial score (nSPS) is 14.9. The van der Waals surface area contributed by atoms with Gasteiger partial charge in [-0.1, -0.05) is 43.8 Å². The fourth-order valence-electron chi connectivity index (χ4n) is 3.26. The molecule has 1 aliphatic heterocycles. The summed E-state index contributed by atoms with van der Waals surface area (Å²) in [7, 11) is 0. The van der Waals surface area contributed by atoms with E-state index in [4.69, 9.17) is 0 Å². The molecule has 148 valence electrons. The Hall–Kier alpha value is -2.34. The van der Waals surface area contributed by atoms with Gasteiger partial charge in [-0.3, -0.25) is 9.59 Å². The average molecular weight is 398 g/mol. The van der Waals surface area contributed by atoms with Crippen molar-refractivity contribution in [1.82, 2.24) is 15.2 Å². The van der Waals surface area contributed by atoms with Gasteiger partial charge in [-0.05, 0) is 43.0 Å². The molecule has 2 amide bonds. The van der Waals surface area contributed by atoms with Gasteiger partial charge < -0.3 is 10.2 Å². The Morgan fingerprint density at radius 1 is 1.14 bits per heavy atom. The number of aromatic nitrogens is 1. The Balaban J connectivity index is 1.58. The lowest BCUT2D eigenvalue weighted by Gasteiger charge is -2.33. The van der Waals surface area contributed by atoms with Crippen molar-refractivity contribution in [2.75, 3.05) is 13.1 Å². The SMILES string of the molecule is CC(C)CC(=O)N1CCC(NC(=O)c2cccnc2Sc2ccccc2)CC1. The summed E-state index contributed by atoms with van der Waals surface area (Å²) in [6.07, 6.45) is 3.88. The van der Waals surface area contributed by atoms with Crippen LogP contribution in [0, 0.1) is 5.92 Å². The van der Waals surface area contributed by atoms with Crippen LogP contribution in [0.25, 0.3) is 0 Å². The summed E-state index contributed by atoms with van der Waals surface area (Å²) >= 11 is 1.49. The summed E-state index contributed by atoms with van der Waals surface area (Å²) in [5.41, 5.74) is 0.592. The summed E-state index contributed by atoms with van der Waals surface area (Å²) in [5, 5.41) is 3.84. The maximum Gasteiger partial charge on any atom is 0.254 e. The summed E-state index contributed by atoms with van der Waals surface area (Å²) in [5.74, 6) is 0.489. The second-order valence-corrected chi connectivity index (χ2v) is 8.56. The Morgan fingerprint density at radius 2 is 1.86 bits per heavy atom. The lowest BCUT2D eigenvalue weighted by Crippen LogP contribution is -2.46. The number of carbonyl (C=O) groups is 2. The van der Waals surface area contributed by atoms with Gasteiger partial charge in [0.1, 0.15) is 5.03 Å².